The number of rotatable bonds is 8. The van der Waals surface area contributed by atoms with Crippen molar-refractivity contribution in [2.24, 2.45) is 0 Å². The molecule has 0 bridgehead atoms. The van der Waals surface area contributed by atoms with Crippen LogP contribution in [-0.4, -0.2) is 59.9 Å². The van der Waals surface area contributed by atoms with Crippen LogP contribution < -0.4 is 10.1 Å². The standard InChI is InChI=1S/C11H21N5OS/c1-5-7-17-10-13-9(12-2)14-11(15-10)18-8-6-16(3)4/h5-8H2,1-4H3,(H,12,13,14,15). The van der Waals surface area contributed by atoms with Gasteiger partial charge in [-0.3, -0.25) is 0 Å². The van der Waals surface area contributed by atoms with Crippen LogP contribution in [0.3, 0.4) is 0 Å². The van der Waals surface area contributed by atoms with Gasteiger partial charge in [0.15, 0.2) is 5.16 Å². The third-order valence-corrected chi connectivity index (χ3v) is 2.85. The van der Waals surface area contributed by atoms with Gasteiger partial charge in [-0.1, -0.05) is 18.7 Å². The second-order valence-corrected chi connectivity index (χ2v) is 5.04. The first-order valence-electron chi connectivity index (χ1n) is 6.00. The SMILES string of the molecule is CCCOc1nc(NC)nc(SCCN(C)C)n1. The molecule has 0 atom stereocenters. The first kappa shape index (κ1) is 15.0. The van der Waals surface area contributed by atoms with Crippen LogP contribution in [0.2, 0.25) is 0 Å². The number of nitrogens with zero attached hydrogens (tertiary/aromatic N) is 4. The predicted molar refractivity (Wildman–Crippen MR) is 74.4 cm³/mol. The summed E-state index contributed by atoms with van der Waals surface area (Å²) >= 11 is 1.60. The van der Waals surface area contributed by atoms with Gasteiger partial charge in [-0.2, -0.15) is 15.0 Å². The molecule has 0 aliphatic heterocycles. The summed E-state index contributed by atoms with van der Waals surface area (Å²) in [6, 6.07) is 0.392. The Labute approximate surface area is 113 Å². The van der Waals surface area contributed by atoms with Gasteiger partial charge in [0.2, 0.25) is 5.95 Å². The second-order valence-electron chi connectivity index (χ2n) is 3.97. The maximum absolute atomic E-state index is 5.44. The van der Waals surface area contributed by atoms with Crippen molar-refractivity contribution in [1.29, 1.82) is 0 Å². The molecule has 7 heteroatoms. The van der Waals surface area contributed by atoms with E-state index in [9.17, 15) is 0 Å². The second kappa shape index (κ2) is 8.10. The van der Waals surface area contributed by atoms with Gasteiger partial charge in [0.05, 0.1) is 6.61 Å². The highest BCUT2D eigenvalue weighted by Crippen LogP contribution is 2.17. The molecule has 0 radical (unpaired) electrons. The molecule has 6 nitrogen and oxygen atoms in total. The third-order valence-electron chi connectivity index (χ3n) is 2.02. The van der Waals surface area contributed by atoms with Crippen LogP contribution in [0.15, 0.2) is 5.16 Å². The Morgan fingerprint density at radius 1 is 1.28 bits per heavy atom. The molecule has 0 saturated heterocycles. The lowest BCUT2D eigenvalue weighted by Crippen LogP contribution is -2.15. The normalized spacial score (nSPS) is 10.7. The van der Waals surface area contributed by atoms with Gasteiger partial charge in [-0.15, -0.1) is 0 Å². The summed E-state index contributed by atoms with van der Waals surface area (Å²) in [5.41, 5.74) is 0. The van der Waals surface area contributed by atoms with Crippen LogP contribution in [0, 0.1) is 0 Å². The van der Waals surface area contributed by atoms with Crippen LogP contribution in [0.4, 0.5) is 5.95 Å². The number of anilines is 1. The zero-order valence-corrected chi connectivity index (χ0v) is 12.3. The van der Waals surface area contributed by atoms with Crippen molar-refractivity contribution in [3.8, 4) is 6.01 Å². The average molecular weight is 271 g/mol. The number of thioether (sulfide) groups is 1. The van der Waals surface area contributed by atoms with Crippen molar-refractivity contribution in [3.05, 3.63) is 0 Å². The summed E-state index contributed by atoms with van der Waals surface area (Å²) in [4.78, 5) is 14.8. The molecule has 0 spiro atoms. The summed E-state index contributed by atoms with van der Waals surface area (Å²) in [5.74, 6) is 1.48. The topological polar surface area (TPSA) is 63.2 Å². The molecule has 1 rings (SSSR count). The fraction of sp³-hybridized carbons (Fsp3) is 0.727. The molecule has 1 aromatic heterocycles. The lowest BCUT2D eigenvalue weighted by atomic mass is 10.5. The number of hydrogen-bond donors (Lipinski definition) is 1. The zero-order chi connectivity index (χ0) is 13.4. The van der Waals surface area contributed by atoms with E-state index in [2.05, 4.69) is 25.2 Å². The van der Waals surface area contributed by atoms with E-state index in [0.29, 0.717) is 23.7 Å². The Morgan fingerprint density at radius 2 is 2.06 bits per heavy atom. The Balaban J connectivity index is 2.64. The van der Waals surface area contributed by atoms with E-state index in [1.807, 2.05) is 21.0 Å². The molecular formula is C11H21N5OS. The van der Waals surface area contributed by atoms with Crippen LogP contribution in [0.1, 0.15) is 13.3 Å². The van der Waals surface area contributed by atoms with E-state index < -0.39 is 0 Å². The fourth-order valence-electron chi connectivity index (χ4n) is 1.09. The van der Waals surface area contributed by atoms with Crippen LogP contribution >= 0.6 is 11.8 Å². The van der Waals surface area contributed by atoms with E-state index >= 15 is 0 Å². The molecular weight excluding hydrogens is 250 g/mol. The smallest absolute Gasteiger partial charge is 0.322 e. The summed E-state index contributed by atoms with van der Waals surface area (Å²) < 4.78 is 5.44. The van der Waals surface area contributed by atoms with Gasteiger partial charge in [0.1, 0.15) is 0 Å². The molecule has 0 saturated carbocycles. The predicted octanol–water partition coefficient (Wildman–Crippen LogP) is 1.36. The molecule has 1 N–H and O–H groups in total. The highest BCUT2D eigenvalue weighted by molar-refractivity contribution is 7.99. The average Bonchev–Trinajstić information content (AvgIpc) is 2.35. The highest BCUT2D eigenvalue weighted by atomic mass is 32.2. The number of nitrogens with one attached hydrogen (secondary N) is 1. The van der Waals surface area contributed by atoms with Gasteiger partial charge in [-0.25, -0.2) is 0 Å². The fourth-order valence-corrected chi connectivity index (χ4v) is 2.02. The summed E-state index contributed by atoms with van der Waals surface area (Å²) in [5, 5.41) is 3.61. The van der Waals surface area contributed by atoms with E-state index in [1.54, 1.807) is 18.8 Å². The minimum atomic E-state index is 0.392. The van der Waals surface area contributed by atoms with Gasteiger partial charge in [0, 0.05) is 19.3 Å². The van der Waals surface area contributed by atoms with E-state index in [0.717, 1.165) is 18.7 Å². The van der Waals surface area contributed by atoms with E-state index in [4.69, 9.17) is 4.74 Å². The molecule has 1 heterocycles. The quantitative estimate of drug-likeness (QED) is 0.716. The molecule has 0 aliphatic rings. The number of ether oxygens (including phenoxy) is 1. The molecule has 1 aromatic rings. The Hall–Kier alpha value is -1.08. The molecule has 0 amide bonds. The lowest BCUT2D eigenvalue weighted by molar-refractivity contribution is 0.288. The van der Waals surface area contributed by atoms with Crippen LogP contribution in [0.5, 0.6) is 6.01 Å². The van der Waals surface area contributed by atoms with Crippen molar-refractivity contribution in [2.45, 2.75) is 18.5 Å². The number of aromatic nitrogens is 3. The Bertz CT molecular complexity index is 361. The first-order valence-corrected chi connectivity index (χ1v) is 6.98. The Morgan fingerprint density at radius 3 is 2.67 bits per heavy atom. The van der Waals surface area contributed by atoms with E-state index in [-0.39, 0.29) is 0 Å². The van der Waals surface area contributed by atoms with Gasteiger partial charge >= 0.3 is 6.01 Å². The zero-order valence-electron chi connectivity index (χ0n) is 11.4. The summed E-state index contributed by atoms with van der Waals surface area (Å²) in [6.07, 6.45) is 0.934. The van der Waals surface area contributed by atoms with Crippen molar-refractivity contribution in [1.82, 2.24) is 19.9 Å². The van der Waals surface area contributed by atoms with Crippen molar-refractivity contribution >= 4 is 17.7 Å². The number of hydrogen-bond acceptors (Lipinski definition) is 7. The molecule has 18 heavy (non-hydrogen) atoms. The van der Waals surface area contributed by atoms with Gasteiger partial charge < -0.3 is 15.0 Å². The maximum Gasteiger partial charge on any atom is 0.322 e. The summed E-state index contributed by atoms with van der Waals surface area (Å²) in [7, 11) is 5.87. The van der Waals surface area contributed by atoms with Gasteiger partial charge in [-0.05, 0) is 20.5 Å². The van der Waals surface area contributed by atoms with Crippen LogP contribution in [0.25, 0.3) is 0 Å². The minimum Gasteiger partial charge on any atom is -0.463 e. The molecule has 0 fully saturated rings. The van der Waals surface area contributed by atoms with Crippen molar-refractivity contribution < 1.29 is 4.74 Å². The summed E-state index contributed by atoms with van der Waals surface area (Å²) in [6.45, 7) is 3.65. The molecule has 0 aliphatic carbocycles. The molecule has 0 unspecified atom stereocenters. The highest BCUT2D eigenvalue weighted by Gasteiger charge is 2.07. The minimum absolute atomic E-state index is 0.392. The van der Waals surface area contributed by atoms with Crippen molar-refractivity contribution in [2.75, 3.05) is 45.4 Å². The Kier molecular flexibility index (Phi) is 6.74. The first-order chi connectivity index (χ1) is 8.65. The lowest BCUT2D eigenvalue weighted by Gasteiger charge is -2.09. The molecule has 102 valence electrons. The van der Waals surface area contributed by atoms with Crippen LogP contribution in [-0.2, 0) is 0 Å². The monoisotopic (exact) mass is 271 g/mol. The van der Waals surface area contributed by atoms with E-state index in [1.165, 1.54) is 0 Å². The maximum atomic E-state index is 5.44. The van der Waals surface area contributed by atoms with Crippen molar-refractivity contribution in [3.63, 3.8) is 0 Å². The third kappa shape index (κ3) is 5.50. The van der Waals surface area contributed by atoms with Gasteiger partial charge in [0.25, 0.3) is 0 Å². The largest absolute Gasteiger partial charge is 0.463 e. The molecule has 0 aromatic carbocycles.